The minimum absolute atomic E-state index is 0.537. The Hall–Kier alpha value is -1.52. The number of hydrogen-bond acceptors (Lipinski definition) is 2. The number of aliphatic imine (C=N–C) groups is 1. The molecule has 102 valence electrons. The minimum atomic E-state index is 0.537. The molecule has 0 aliphatic heterocycles. The van der Waals surface area contributed by atoms with Crippen LogP contribution in [0.1, 0.15) is 38.2 Å². The van der Waals surface area contributed by atoms with Crippen molar-refractivity contribution >= 4 is 5.96 Å². The van der Waals surface area contributed by atoms with Crippen LogP contribution in [0.5, 0.6) is 0 Å². The number of hydrogen-bond donors (Lipinski definition) is 2. The van der Waals surface area contributed by atoms with E-state index in [1.807, 2.05) is 24.0 Å². The highest BCUT2D eigenvalue weighted by Gasteiger charge is 1.95. The van der Waals surface area contributed by atoms with Gasteiger partial charge in [0.25, 0.3) is 0 Å². The maximum absolute atomic E-state index is 5.77. The van der Waals surface area contributed by atoms with Crippen molar-refractivity contribution in [1.82, 2.24) is 15.1 Å². The van der Waals surface area contributed by atoms with E-state index in [0.717, 1.165) is 26.1 Å². The highest BCUT2D eigenvalue weighted by molar-refractivity contribution is 5.77. The average molecular weight is 251 g/mol. The van der Waals surface area contributed by atoms with Crippen LogP contribution in [-0.4, -0.2) is 28.8 Å². The Morgan fingerprint density at radius 3 is 2.94 bits per heavy atom. The Morgan fingerprint density at radius 2 is 2.28 bits per heavy atom. The van der Waals surface area contributed by atoms with E-state index >= 15 is 0 Å². The van der Waals surface area contributed by atoms with Gasteiger partial charge in [0, 0.05) is 19.3 Å². The van der Waals surface area contributed by atoms with Gasteiger partial charge in [-0.1, -0.05) is 26.2 Å². The Kier molecular flexibility index (Phi) is 6.91. The number of nitrogens with zero attached hydrogens (tertiary/aromatic N) is 3. The van der Waals surface area contributed by atoms with Gasteiger partial charge in [0.1, 0.15) is 0 Å². The Labute approximate surface area is 109 Å². The molecule has 0 aliphatic carbocycles. The number of nitrogens with one attached hydrogen (secondary N) is 1. The molecule has 0 atom stereocenters. The Bertz CT molecular complexity index is 356. The third kappa shape index (κ3) is 6.27. The van der Waals surface area contributed by atoms with Crippen LogP contribution in [0.2, 0.25) is 0 Å². The highest BCUT2D eigenvalue weighted by atomic mass is 15.3. The van der Waals surface area contributed by atoms with Gasteiger partial charge in [0.2, 0.25) is 0 Å². The SMILES string of the molecule is CCCCCCN=C(N)NCCn1cc(C)cn1. The van der Waals surface area contributed by atoms with Crippen LogP contribution < -0.4 is 11.1 Å². The molecule has 0 amide bonds. The van der Waals surface area contributed by atoms with Gasteiger partial charge in [-0.05, 0) is 18.9 Å². The first-order chi connectivity index (χ1) is 8.72. The molecule has 0 spiro atoms. The smallest absolute Gasteiger partial charge is 0.188 e. The quantitative estimate of drug-likeness (QED) is 0.419. The summed E-state index contributed by atoms with van der Waals surface area (Å²) in [6, 6.07) is 0. The molecule has 18 heavy (non-hydrogen) atoms. The fourth-order valence-corrected chi connectivity index (χ4v) is 1.68. The van der Waals surface area contributed by atoms with E-state index in [1.165, 1.54) is 24.8 Å². The van der Waals surface area contributed by atoms with E-state index in [9.17, 15) is 0 Å². The lowest BCUT2D eigenvalue weighted by atomic mass is 10.2. The largest absolute Gasteiger partial charge is 0.370 e. The molecule has 0 saturated heterocycles. The summed E-state index contributed by atoms with van der Waals surface area (Å²) in [4.78, 5) is 4.29. The fraction of sp³-hybridized carbons (Fsp3) is 0.692. The van der Waals surface area contributed by atoms with Gasteiger partial charge in [-0.2, -0.15) is 5.10 Å². The Balaban J connectivity index is 2.08. The lowest BCUT2D eigenvalue weighted by Gasteiger charge is -2.05. The van der Waals surface area contributed by atoms with Gasteiger partial charge in [-0.15, -0.1) is 0 Å². The van der Waals surface area contributed by atoms with E-state index < -0.39 is 0 Å². The first kappa shape index (κ1) is 14.5. The highest BCUT2D eigenvalue weighted by Crippen LogP contribution is 1.98. The number of rotatable bonds is 8. The molecule has 5 heteroatoms. The van der Waals surface area contributed by atoms with Crippen molar-refractivity contribution in [2.45, 2.75) is 46.1 Å². The minimum Gasteiger partial charge on any atom is -0.370 e. The lowest BCUT2D eigenvalue weighted by molar-refractivity contribution is 0.600. The van der Waals surface area contributed by atoms with E-state index in [2.05, 4.69) is 22.3 Å². The average Bonchev–Trinajstić information content (AvgIpc) is 2.75. The second kappa shape index (κ2) is 8.55. The van der Waals surface area contributed by atoms with Gasteiger partial charge in [0.05, 0.1) is 12.7 Å². The molecule has 0 radical (unpaired) electrons. The second-order valence-electron chi connectivity index (χ2n) is 4.54. The summed E-state index contributed by atoms with van der Waals surface area (Å²) in [6.07, 6.45) is 8.75. The summed E-state index contributed by atoms with van der Waals surface area (Å²) in [5.74, 6) is 0.537. The molecule has 1 rings (SSSR count). The molecule has 1 aromatic heterocycles. The summed E-state index contributed by atoms with van der Waals surface area (Å²) >= 11 is 0. The summed E-state index contributed by atoms with van der Waals surface area (Å²) in [5, 5.41) is 7.30. The third-order valence-electron chi connectivity index (χ3n) is 2.70. The number of aryl methyl sites for hydroxylation is 1. The summed E-state index contributed by atoms with van der Waals surface area (Å²) in [7, 11) is 0. The van der Waals surface area contributed by atoms with E-state index in [4.69, 9.17) is 5.73 Å². The molecule has 5 nitrogen and oxygen atoms in total. The topological polar surface area (TPSA) is 68.2 Å². The number of aromatic nitrogens is 2. The Morgan fingerprint density at radius 1 is 1.44 bits per heavy atom. The van der Waals surface area contributed by atoms with Crippen LogP contribution in [0, 0.1) is 6.92 Å². The first-order valence-electron chi connectivity index (χ1n) is 6.75. The summed E-state index contributed by atoms with van der Waals surface area (Å²) in [6.45, 7) is 6.62. The summed E-state index contributed by atoms with van der Waals surface area (Å²) < 4.78 is 1.90. The zero-order valence-electron chi connectivity index (χ0n) is 11.5. The van der Waals surface area contributed by atoms with Crippen LogP contribution in [0.25, 0.3) is 0 Å². The van der Waals surface area contributed by atoms with Crippen LogP contribution in [0.3, 0.4) is 0 Å². The van der Waals surface area contributed by atoms with Crippen LogP contribution in [0.15, 0.2) is 17.4 Å². The molecule has 1 heterocycles. The molecule has 1 aromatic rings. The van der Waals surface area contributed by atoms with Crippen molar-refractivity contribution < 1.29 is 0 Å². The molecule has 0 saturated carbocycles. The van der Waals surface area contributed by atoms with Crippen molar-refractivity contribution in [3.8, 4) is 0 Å². The molecular weight excluding hydrogens is 226 g/mol. The first-order valence-corrected chi connectivity index (χ1v) is 6.75. The van der Waals surface area contributed by atoms with Crippen LogP contribution >= 0.6 is 0 Å². The molecular formula is C13H25N5. The third-order valence-corrected chi connectivity index (χ3v) is 2.70. The molecule has 0 unspecified atom stereocenters. The lowest BCUT2D eigenvalue weighted by Crippen LogP contribution is -2.34. The van der Waals surface area contributed by atoms with Crippen molar-refractivity contribution in [2.24, 2.45) is 10.7 Å². The predicted molar refractivity (Wildman–Crippen MR) is 75.6 cm³/mol. The van der Waals surface area contributed by atoms with Gasteiger partial charge in [-0.25, -0.2) is 0 Å². The second-order valence-corrected chi connectivity index (χ2v) is 4.54. The normalized spacial score (nSPS) is 11.8. The fourth-order valence-electron chi connectivity index (χ4n) is 1.68. The predicted octanol–water partition coefficient (Wildman–Crippen LogP) is 1.68. The molecule has 0 fully saturated rings. The number of unbranched alkanes of at least 4 members (excludes halogenated alkanes) is 3. The van der Waals surface area contributed by atoms with Gasteiger partial charge in [-0.3, -0.25) is 9.67 Å². The maximum atomic E-state index is 5.77. The zero-order valence-corrected chi connectivity index (χ0v) is 11.5. The van der Waals surface area contributed by atoms with Gasteiger partial charge < -0.3 is 11.1 Å². The molecule has 0 bridgehead atoms. The van der Waals surface area contributed by atoms with E-state index in [0.29, 0.717) is 5.96 Å². The van der Waals surface area contributed by atoms with Crippen molar-refractivity contribution in [3.05, 3.63) is 18.0 Å². The zero-order chi connectivity index (χ0) is 13.2. The molecule has 0 aromatic carbocycles. The maximum Gasteiger partial charge on any atom is 0.188 e. The number of guanidine groups is 1. The van der Waals surface area contributed by atoms with Gasteiger partial charge in [0.15, 0.2) is 5.96 Å². The summed E-state index contributed by atoms with van der Waals surface area (Å²) in [5.41, 5.74) is 6.94. The molecule has 0 aliphatic rings. The van der Waals surface area contributed by atoms with Crippen molar-refractivity contribution in [1.29, 1.82) is 0 Å². The van der Waals surface area contributed by atoms with Crippen LogP contribution in [0.4, 0.5) is 0 Å². The standard InChI is InChI=1S/C13H25N5/c1-3-4-5-6-7-15-13(14)16-8-9-18-11-12(2)10-17-18/h10-11H,3-9H2,1-2H3,(H3,14,15,16). The van der Waals surface area contributed by atoms with Crippen LogP contribution in [-0.2, 0) is 6.54 Å². The van der Waals surface area contributed by atoms with E-state index in [-0.39, 0.29) is 0 Å². The van der Waals surface area contributed by atoms with Crippen molar-refractivity contribution in [2.75, 3.05) is 13.1 Å². The van der Waals surface area contributed by atoms with Gasteiger partial charge >= 0.3 is 0 Å². The van der Waals surface area contributed by atoms with Crippen molar-refractivity contribution in [3.63, 3.8) is 0 Å². The number of nitrogens with two attached hydrogens (primary N) is 1. The monoisotopic (exact) mass is 251 g/mol. The van der Waals surface area contributed by atoms with E-state index in [1.54, 1.807) is 0 Å². The molecule has 3 N–H and O–H groups in total.